The molecule has 3 heterocycles. The second-order valence-electron chi connectivity index (χ2n) is 6.23. The number of pyridine rings is 1. The monoisotopic (exact) mass is 316 g/mol. The fourth-order valence-electron chi connectivity index (χ4n) is 3.12. The molecule has 1 fully saturated rings. The Labute approximate surface area is 133 Å². The lowest BCUT2D eigenvalue weighted by Gasteiger charge is -2.22. The van der Waals surface area contributed by atoms with Gasteiger partial charge < -0.3 is 10.0 Å². The molecular formula is C16H20N4O3. The van der Waals surface area contributed by atoms with Crippen LogP contribution in [0.2, 0.25) is 0 Å². The fraction of sp³-hybridized carbons (Fsp3) is 0.500. The van der Waals surface area contributed by atoms with E-state index in [0.717, 1.165) is 0 Å². The third-order valence-electron chi connectivity index (χ3n) is 4.21. The van der Waals surface area contributed by atoms with Gasteiger partial charge in [0.05, 0.1) is 17.1 Å². The van der Waals surface area contributed by atoms with E-state index >= 15 is 0 Å². The molecule has 1 aliphatic rings. The van der Waals surface area contributed by atoms with Crippen molar-refractivity contribution in [2.45, 2.75) is 45.7 Å². The number of aromatic nitrogens is 3. The van der Waals surface area contributed by atoms with Crippen LogP contribution in [0.3, 0.4) is 0 Å². The predicted octanol–water partition coefficient (Wildman–Crippen LogP) is 2.01. The standard InChI is InChI=1S/C16H20N4O3/c1-9(2)20-14-12(8-17-20)11(7-10(3)18-14)15(21)19-6-4-5-13(19)16(22)23/h7-9,13H,4-6H2,1-3H3,(H,22,23)/t13-/m0/s1. The summed E-state index contributed by atoms with van der Waals surface area (Å²) in [6.45, 7) is 6.29. The number of carboxylic acid groups (broad SMARTS) is 1. The Morgan fingerprint density at radius 1 is 1.39 bits per heavy atom. The van der Waals surface area contributed by atoms with Gasteiger partial charge in [0.1, 0.15) is 6.04 Å². The Balaban J connectivity index is 2.09. The second-order valence-corrected chi connectivity index (χ2v) is 6.23. The summed E-state index contributed by atoms with van der Waals surface area (Å²) >= 11 is 0. The molecule has 7 nitrogen and oxygen atoms in total. The van der Waals surface area contributed by atoms with Crippen LogP contribution in [0.25, 0.3) is 11.0 Å². The van der Waals surface area contributed by atoms with E-state index in [1.165, 1.54) is 4.90 Å². The van der Waals surface area contributed by atoms with Crippen LogP contribution in [-0.4, -0.2) is 49.2 Å². The van der Waals surface area contributed by atoms with Crippen molar-refractivity contribution in [3.8, 4) is 0 Å². The summed E-state index contributed by atoms with van der Waals surface area (Å²) in [6, 6.07) is 1.10. The van der Waals surface area contributed by atoms with Gasteiger partial charge in [0.25, 0.3) is 5.91 Å². The van der Waals surface area contributed by atoms with Crippen molar-refractivity contribution < 1.29 is 14.7 Å². The molecule has 3 rings (SSSR count). The van der Waals surface area contributed by atoms with Crippen LogP contribution in [-0.2, 0) is 4.79 Å². The molecule has 0 unspecified atom stereocenters. The van der Waals surface area contributed by atoms with E-state index in [2.05, 4.69) is 10.1 Å². The van der Waals surface area contributed by atoms with Crippen LogP contribution < -0.4 is 0 Å². The van der Waals surface area contributed by atoms with Gasteiger partial charge in [-0.3, -0.25) is 4.79 Å². The number of fused-ring (bicyclic) bond motifs is 1. The van der Waals surface area contributed by atoms with Gasteiger partial charge in [0.2, 0.25) is 0 Å². The number of nitrogens with zero attached hydrogens (tertiary/aromatic N) is 4. The summed E-state index contributed by atoms with van der Waals surface area (Å²) in [6.07, 6.45) is 2.85. The molecule has 7 heteroatoms. The number of likely N-dealkylation sites (tertiary alicyclic amines) is 1. The number of amides is 1. The topological polar surface area (TPSA) is 88.3 Å². The van der Waals surface area contributed by atoms with E-state index in [4.69, 9.17) is 0 Å². The lowest BCUT2D eigenvalue weighted by molar-refractivity contribution is -0.141. The van der Waals surface area contributed by atoms with E-state index in [0.29, 0.717) is 41.7 Å². The molecule has 23 heavy (non-hydrogen) atoms. The number of aliphatic carboxylic acids is 1. The van der Waals surface area contributed by atoms with Crippen molar-refractivity contribution >= 4 is 22.9 Å². The van der Waals surface area contributed by atoms with Gasteiger partial charge in [-0.1, -0.05) is 0 Å². The summed E-state index contributed by atoms with van der Waals surface area (Å²) in [5.41, 5.74) is 1.86. The fourth-order valence-corrected chi connectivity index (χ4v) is 3.12. The van der Waals surface area contributed by atoms with Crippen LogP contribution in [0, 0.1) is 6.92 Å². The van der Waals surface area contributed by atoms with Gasteiger partial charge in [-0.2, -0.15) is 5.10 Å². The highest BCUT2D eigenvalue weighted by molar-refractivity contribution is 6.06. The molecule has 0 saturated carbocycles. The van der Waals surface area contributed by atoms with Gasteiger partial charge in [0.15, 0.2) is 5.65 Å². The Morgan fingerprint density at radius 3 is 2.78 bits per heavy atom. The highest BCUT2D eigenvalue weighted by atomic mass is 16.4. The van der Waals surface area contributed by atoms with Crippen LogP contribution in [0.5, 0.6) is 0 Å². The zero-order valence-corrected chi connectivity index (χ0v) is 13.5. The molecule has 2 aromatic rings. The molecule has 0 bridgehead atoms. The molecule has 122 valence electrons. The zero-order valence-electron chi connectivity index (χ0n) is 13.5. The molecule has 0 aliphatic carbocycles. The number of aryl methyl sites for hydroxylation is 1. The minimum atomic E-state index is -0.948. The second kappa shape index (κ2) is 5.64. The van der Waals surface area contributed by atoms with Gasteiger partial charge in [-0.15, -0.1) is 0 Å². The molecule has 0 radical (unpaired) electrons. The van der Waals surface area contributed by atoms with Gasteiger partial charge in [0, 0.05) is 18.3 Å². The molecule has 1 N–H and O–H groups in total. The Morgan fingerprint density at radius 2 is 2.13 bits per heavy atom. The van der Waals surface area contributed by atoms with E-state index in [1.54, 1.807) is 16.9 Å². The quantitative estimate of drug-likeness (QED) is 0.935. The van der Waals surface area contributed by atoms with Crippen LogP contribution in [0.1, 0.15) is 48.8 Å². The Kier molecular flexibility index (Phi) is 3.79. The maximum atomic E-state index is 12.9. The predicted molar refractivity (Wildman–Crippen MR) is 84.3 cm³/mol. The summed E-state index contributed by atoms with van der Waals surface area (Å²) in [4.78, 5) is 30.2. The Bertz CT molecular complexity index is 781. The number of hydrogen-bond donors (Lipinski definition) is 1. The Hall–Kier alpha value is -2.44. The molecule has 1 aliphatic heterocycles. The number of carboxylic acids is 1. The van der Waals surface area contributed by atoms with Crippen molar-refractivity contribution in [2.75, 3.05) is 6.54 Å². The van der Waals surface area contributed by atoms with Crippen molar-refractivity contribution in [3.05, 3.63) is 23.5 Å². The smallest absolute Gasteiger partial charge is 0.326 e. The SMILES string of the molecule is Cc1cc(C(=O)N2CCC[C@H]2C(=O)O)c2cnn(C(C)C)c2n1. The van der Waals surface area contributed by atoms with Crippen LogP contribution in [0.4, 0.5) is 0 Å². The lowest BCUT2D eigenvalue weighted by atomic mass is 10.1. The average molecular weight is 316 g/mol. The molecular weight excluding hydrogens is 296 g/mol. The first-order valence-electron chi connectivity index (χ1n) is 7.78. The van der Waals surface area contributed by atoms with Crippen molar-refractivity contribution in [3.63, 3.8) is 0 Å². The molecule has 1 amide bonds. The number of carbonyl (C=O) groups is 2. The average Bonchev–Trinajstić information content (AvgIpc) is 3.11. The van der Waals surface area contributed by atoms with Gasteiger partial charge in [-0.25, -0.2) is 14.5 Å². The molecule has 0 spiro atoms. The first-order valence-corrected chi connectivity index (χ1v) is 7.78. The minimum Gasteiger partial charge on any atom is -0.480 e. The van der Waals surface area contributed by atoms with E-state index in [-0.39, 0.29) is 11.9 Å². The zero-order chi connectivity index (χ0) is 16.7. The summed E-state index contributed by atoms with van der Waals surface area (Å²) < 4.78 is 1.78. The maximum Gasteiger partial charge on any atom is 0.326 e. The largest absolute Gasteiger partial charge is 0.480 e. The van der Waals surface area contributed by atoms with Crippen molar-refractivity contribution in [1.82, 2.24) is 19.7 Å². The van der Waals surface area contributed by atoms with Gasteiger partial charge in [-0.05, 0) is 39.7 Å². The maximum absolute atomic E-state index is 12.9. The summed E-state index contributed by atoms with van der Waals surface area (Å²) in [5.74, 6) is -1.20. The van der Waals surface area contributed by atoms with Crippen LogP contribution >= 0.6 is 0 Å². The summed E-state index contributed by atoms with van der Waals surface area (Å²) in [5, 5.41) is 14.3. The molecule has 0 aromatic carbocycles. The number of rotatable bonds is 3. The molecule has 1 saturated heterocycles. The number of carbonyl (C=O) groups excluding carboxylic acids is 1. The molecule has 2 aromatic heterocycles. The van der Waals surface area contributed by atoms with Crippen LogP contribution in [0.15, 0.2) is 12.3 Å². The van der Waals surface area contributed by atoms with Gasteiger partial charge >= 0.3 is 5.97 Å². The van der Waals surface area contributed by atoms with E-state index < -0.39 is 12.0 Å². The van der Waals surface area contributed by atoms with E-state index in [9.17, 15) is 14.7 Å². The molecule has 1 atom stereocenters. The highest BCUT2D eigenvalue weighted by Gasteiger charge is 2.35. The first-order chi connectivity index (χ1) is 10.9. The normalized spacial score (nSPS) is 18.1. The third kappa shape index (κ3) is 2.56. The van der Waals surface area contributed by atoms with E-state index in [1.807, 2.05) is 20.8 Å². The minimum absolute atomic E-state index is 0.128. The van der Waals surface area contributed by atoms with Crippen molar-refractivity contribution in [2.24, 2.45) is 0 Å². The summed E-state index contributed by atoms with van der Waals surface area (Å²) in [7, 11) is 0. The number of hydrogen-bond acceptors (Lipinski definition) is 4. The highest BCUT2D eigenvalue weighted by Crippen LogP contribution is 2.26. The van der Waals surface area contributed by atoms with Crippen molar-refractivity contribution in [1.29, 1.82) is 0 Å². The lowest BCUT2D eigenvalue weighted by Crippen LogP contribution is -2.40. The first kappa shape index (κ1) is 15.5. The third-order valence-corrected chi connectivity index (χ3v) is 4.21.